The van der Waals surface area contributed by atoms with E-state index in [2.05, 4.69) is 31.4 Å². The van der Waals surface area contributed by atoms with Gasteiger partial charge in [-0.2, -0.15) is 0 Å². The van der Waals surface area contributed by atoms with Gasteiger partial charge in [0.25, 0.3) is 0 Å². The Bertz CT molecular complexity index is 517. The first-order valence-corrected chi connectivity index (χ1v) is 6.10. The number of nitrogens with two attached hydrogens (primary N) is 1. The third-order valence-electron chi connectivity index (χ3n) is 2.00. The molecule has 1 aromatic carbocycles. The van der Waals surface area contributed by atoms with Crippen molar-refractivity contribution in [2.24, 2.45) is 5.73 Å². The summed E-state index contributed by atoms with van der Waals surface area (Å²) in [6.45, 7) is 0.473. The number of anilines is 2. The molecule has 5 nitrogen and oxygen atoms in total. The summed E-state index contributed by atoms with van der Waals surface area (Å²) < 4.78 is 6.23. The highest BCUT2D eigenvalue weighted by Gasteiger charge is 2.07. The number of hydrogen-bond acceptors (Lipinski definition) is 5. The lowest BCUT2D eigenvalue weighted by atomic mass is 10.3. The highest BCUT2D eigenvalue weighted by Crippen LogP contribution is 2.27. The molecule has 0 spiro atoms. The van der Waals surface area contributed by atoms with Gasteiger partial charge in [-0.25, -0.2) is 0 Å². The van der Waals surface area contributed by atoms with Gasteiger partial charge >= 0.3 is 6.01 Å². The fourth-order valence-electron chi connectivity index (χ4n) is 1.23. The molecular weight excluding hydrogens is 307 g/mol. The molecule has 0 aliphatic carbocycles. The van der Waals surface area contributed by atoms with Crippen LogP contribution < -0.4 is 11.1 Å². The van der Waals surface area contributed by atoms with Crippen LogP contribution in [0.5, 0.6) is 0 Å². The molecule has 7 heteroatoms. The number of benzene rings is 1. The minimum Gasteiger partial charge on any atom is -0.408 e. The Hall–Kier alpha value is -1.11. The van der Waals surface area contributed by atoms with E-state index < -0.39 is 0 Å². The average molecular weight is 318 g/mol. The second-order valence-corrected chi connectivity index (χ2v) is 4.61. The Labute approximate surface area is 111 Å². The van der Waals surface area contributed by atoms with Crippen molar-refractivity contribution < 1.29 is 4.42 Å². The molecule has 0 atom stereocenters. The van der Waals surface area contributed by atoms with Crippen molar-refractivity contribution >= 4 is 39.2 Å². The second kappa shape index (κ2) is 5.48. The molecular formula is C10H10BrClN4O. The maximum atomic E-state index is 6.05. The van der Waals surface area contributed by atoms with Crippen molar-refractivity contribution in [3.05, 3.63) is 33.6 Å². The van der Waals surface area contributed by atoms with E-state index in [1.807, 2.05) is 12.1 Å². The first kappa shape index (κ1) is 12.3. The van der Waals surface area contributed by atoms with Gasteiger partial charge < -0.3 is 15.5 Å². The van der Waals surface area contributed by atoms with Gasteiger partial charge in [0.1, 0.15) is 0 Å². The zero-order chi connectivity index (χ0) is 12.3. The second-order valence-electron chi connectivity index (χ2n) is 3.29. The Morgan fingerprint density at radius 2 is 2.24 bits per heavy atom. The summed E-state index contributed by atoms with van der Waals surface area (Å²) in [5, 5.41) is 11.2. The van der Waals surface area contributed by atoms with E-state index in [4.69, 9.17) is 21.8 Å². The van der Waals surface area contributed by atoms with Crippen LogP contribution in [0.25, 0.3) is 0 Å². The minimum atomic E-state index is 0.303. The van der Waals surface area contributed by atoms with Crippen LogP contribution in [0.1, 0.15) is 5.89 Å². The van der Waals surface area contributed by atoms with Crippen LogP contribution in [-0.4, -0.2) is 16.7 Å². The van der Waals surface area contributed by atoms with Gasteiger partial charge in [-0.1, -0.05) is 32.6 Å². The lowest BCUT2D eigenvalue weighted by molar-refractivity contribution is 0.510. The first-order chi connectivity index (χ1) is 8.19. The average Bonchev–Trinajstić information content (AvgIpc) is 2.71. The highest BCUT2D eigenvalue weighted by molar-refractivity contribution is 9.10. The maximum Gasteiger partial charge on any atom is 0.320 e. The number of hydrogen-bond donors (Lipinski definition) is 2. The zero-order valence-electron chi connectivity index (χ0n) is 8.78. The van der Waals surface area contributed by atoms with E-state index in [1.54, 1.807) is 6.07 Å². The quantitative estimate of drug-likeness (QED) is 0.906. The third kappa shape index (κ3) is 3.18. The Morgan fingerprint density at radius 1 is 1.41 bits per heavy atom. The SMILES string of the molecule is NCCc1nnc(Nc2ccc(Br)cc2Cl)o1. The summed E-state index contributed by atoms with van der Waals surface area (Å²) in [5.74, 6) is 0.503. The van der Waals surface area contributed by atoms with Crippen molar-refractivity contribution in [1.82, 2.24) is 10.2 Å². The first-order valence-electron chi connectivity index (χ1n) is 4.93. The van der Waals surface area contributed by atoms with E-state index in [9.17, 15) is 0 Å². The van der Waals surface area contributed by atoms with Crippen molar-refractivity contribution in [2.45, 2.75) is 6.42 Å². The smallest absolute Gasteiger partial charge is 0.320 e. The monoisotopic (exact) mass is 316 g/mol. The minimum absolute atomic E-state index is 0.303. The number of aromatic nitrogens is 2. The number of nitrogens with one attached hydrogen (secondary N) is 1. The molecule has 2 rings (SSSR count). The molecule has 0 aliphatic heterocycles. The molecule has 0 saturated heterocycles. The Kier molecular flexibility index (Phi) is 3.98. The van der Waals surface area contributed by atoms with E-state index in [1.165, 1.54) is 0 Å². The van der Waals surface area contributed by atoms with Crippen LogP contribution in [0.2, 0.25) is 5.02 Å². The summed E-state index contributed by atoms with van der Waals surface area (Å²) in [7, 11) is 0. The molecule has 0 fully saturated rings. The standard InChI is InChI=1S/C10H10BrClN4O/c11-6-1-2-8(7(12)5-6)14-10-16-15-9(17-10)3-4-13/h1-2,5H,3-4,13H2,(H,14,16). The van der Waals surface area contributed by atoms with Crippen molar-refractivity contribution in [2.75, 3.05) is 11.9 Å². The molecule has 90 valence electrons. The predicted molar refractivity (Wildman–Crippen MR) is 69.5 cm³/mol. The molecule has 0 aliphatic rings. The third-order valence-corrected chi connectivity index (χ3v) is 2.80. The summed E-state index contributed by atoms with van der Waals surface area (Å²) >= 11 is 9.37. The van der Waals surface area contributed by atoms with Crippen LogP contribution in [-0.2, 0) is 6.42 Å². The molecule has 0 radical (unpaired) electrons. The molecule has 1 heterocycles. The topological polar surface area (TPSA) is 77.0 Å². The molecule has 1 aromatic heterocycles. The number of halogens is 2. The normalized spacial score (nSPS) is 10.5. The van der Waals surface area contributed by atoms with Crippen LogP contribution in [0.15, 0.2) is 27.1 Å². The molecule has 2 aromatic rings. The summed E-state index contributed by atoms with van der Waals surface area (Å²) in [5.41, 5.74) is 6.09. The van der Waals surface area contributed by atoms with Gasteiger partial charge in [-0.05, 0) is 18.2 Å². The number of rotatable bonds is 4. The summed E-state index contributed by atoms with van der Waals surface area (Å²) in [6.07, 6.45) is 0.558. The lowest BCUT2D eigenvalue weighted by Gasteiger charge is -2.03. The van der Waals surface area contributed by atoms with Crippen LogP contribution >= 0.6 is 27.5 Å². The maximum absolute atomic E-state index is 6.05. The predicted octanol–water partition coefficient (Wildman–Crippen LogP) is 2.73. The summed E-state index contributed by atoms with van der Waals surface area (Å²) in [6, 6.07) is 5.77. The zero-order valence-corrected chi connectivity index (χ0v) is 11.1. The van der Waals surface area contributed by atoms with Crippen molar-refractivity contribution in [3.8, 4) is 0 Å². The molecule has 3 N–H and O–H groups in total. The van der Waals surface area contributed by atoms with Crippen LogP contribution in [0.3, 0.4) is 0 Å². The molecule has 0 unspecified atom stereocenters. The largest absolute Gasteiger partial charge is 0.408 e. The van der Waals surface area contributed by atoms with E-state index in [0.717, 1.165) is 4.47 Å². The number of nitrogens with zero attached hydrogens (tertiary/aromatic N) is 2. The van der Waals surface area contributed by atoms with E-state index in [0.29, 0.717) is 35.6 Å². The van der Waals surface area contributed by atoms with E-state index >= 15 is 0 Å². The highest BCUT2D eigenvalue weighted by atomic mass is 79.9. The van der Waals surface area contributed by atoms with Crippen LogP contribution in [0.4, 0.5) is 11.7 Å². The van der Waals surface area contributed by atoms with Crippen molar-refractivity contribution in [3.63, 3.8) is 0 Å². The molecule has 0 amide bonds. The van der Waals surface area contributed by atoms with E-state index in [-0.39, 0.29) is 0 Å². The van der Waals surface area contributed by atoms with Gasteiger partial charge in [0.05, 0.1) is 10.7 Å². The van der Waals surface area contributed by atoms with Gasteiger partial charge in [0, 0.05) is 17.4 Å². The van der Waals surface area contributed by atoms with Gasteiger partial charge in [-0.15, -0.1) is 5.10 Å². The summed E-state index contributed by atoms with van der Waals surface area (Å²) in [4.78, 5) is 0. The Balaban J connectivity index is 2.13. The van der Waals surface area contributed by atoms with Gasteiger partial charge in [0.2, 0.25) is 5.89 Å². The lowest BCUT2D eigenvalue weighted by Crippen LogP contribution is -2.02. The van der Waals surface area contributed by atoms with Gasteiger partial charge in [0.15, 0.2) is 0 Å². The Morgan fingerprint density at radius 3 is 2.94 bits per heavy atom. The van der Waals surface area contributed by atoms with Gasteiger partial charge in [-0.3, -0.25) is 0 Å². The molecule has 0 saturated carbocycles. The molecule has 17 heavy (non-hydrogen) atoms. The van der Waals surface area contributed by atoms with Crippen LogP contribution in [0, 0.1) is 0 Å². The molecule has 0 bridgehead atoms. The fraction of sp³-hybridized carbons (Fsp3) is 0.200. The van der Waals surface area contributed by atoms with Crippen molar-refractivity contribution in [1.29, 1.82) is 0 Å². The fourth-order valence-corrected chi connectivity index (χ4v) is 1.96.